The third-order valence-electron chi connectivity index (χ3n) is 5.15. The number of benzene rings is 1. The van der Waals surface area contributed by atoms with Crippen molar-refractivity contribution in [2.24, 2.45) is 0 Å². The second-order valence-electron chi connectivity index (χ2n) is 6.53. The average molecular weight is 335 g/mol. The number of hydrogen-bond donors (Lipinski definition) is 0. The molecule has 2 rings (SSSR count). The largest absolute Gasteiger partial charge is 0.544 e. The van der Waals surface area contributed by atoms with Crippen LogP contribution in [0, 0.1) is 0 Å². The highest BCUT2D eigenvalue weighted by atomic mass is 28.4. The molecule has 1 aromatic carbocycles. The number of cyclic esters (lactones) is 1. The van der Waals surface area contributed by atoms with Crippen LogP contribution in [0.1, 0.15) is 52.0 Å². The molecule has 0 aliphatic carbocycles. The van der Waals surface area contributed by atoms with Crippen molar-refractivity contribution in [3.63, 3.8) is 0 Å². The topological polar surface area (TPSA) is 35.5 Å². The van der Waals surface area contributed by atoms with Crippen molar-refractivity contribution in [2.75, 3.05) is 0 Å². The van der Waals surface area contributed by atoms with E-state index in [-0.39, 0.29) is 12.1 Å². The van der Waals surface area contributed by atoms with E-state index in [2.05, 4.69) is 45.0 Å². The van der Waals surface area contributed by atoms with Crippen molar-refractivity contribution >= 4 is 14.3 Å². The summed E-state index contributed by atoms with van der Waals surface area (Å²) in [6.07, 6.45) is 4.53. The van der Waals surface area contributed by atoms with E-state index in [0.29, 0.717) is 6.42 Å². The zero-order chi connectivity index (χ0) is 16.7. The smallest absolute Gasteiger partial charge is 0.306 e. The summed E-state index contributed by atoms with van der Waals surface area (Å²) in [6.45, 7) is 6.75. The third kappa shape index (κ3) is 5.10. The van der Waals surface area contributed by atoms with Gasteiger partial charge in [0.1, 0.15) is 11.9 Å². The average Bonchev–Trinajstić information content (AvgIpc) is 2.59. The van der Waals surface area contributed by atoms with Gasteiger partial charge in [-0.15, -0.1) is 0 Å². The second-order valence-corrected chi connectivity index (χ2v) is 11.2. The first-order chi connectivity index (χ1) is 11.1. The minimum atomic E-state index is -1.59. The first kappa shape index (κ1) is 18.1. The Morgan fingerprint density at radius 1 is 1.13 bits per heavy atom. The summed E-state index contributed by atoms with van der Waals surface area (Å²) in [5.41, 5.74) is 1.29. The molecule has 0 amide bonds. The lowest BCUT2D eigenvalue weighted by Gasteiger charge is -2.29. The van der Waals surface area contributed by atoms with Gasteiger partial charge < -0.3 is 9.16 Å². The summed E-state index contributed by atoms with van der Waals surface area (Å²) < 4.78 is 11.8. The Kier molecular flexibility index (Phi) is 6.69. The molecule has 0 radical (unpaired) electrons. The van der Waals surface area contributed by atoms with E-state index in [1.807, 2.05) is 0 Å². The maximum atomic E-state index is 11.3. The van der Waals surface area contributed by atoms with Gasteiger partial charge in [-0.25, -0.2) is 0 Å². The molecule has 1 heterocycles. The fraction of sp³-hybridized carbons (Fsp3) is 0.632. The molecule has 1 fully saturated rings. The molecule has 23 heavy (non-hydrogen) atoms. The molecule has 3 nitrogen and oxygen atoms in total. The zero-order valence-corrected chi connectivity index (χ0v) is 15.8. The summed E-state index contributed by atoms with van der Waals surface area (Å²) in [4.78, 5) is 11.3. The predicted octanol–water partition coefficient (Wildman–Crippen LogP) is 5.10. The molecule has 0 unspecified atom stereocenters. The van der Waals surface area contributed by atoms with Gasteiger partial charge in [0, 0.05) is 6.42 Å². The van der Waals surface area contributed by atoms with Crippen molar-refractivity contribution in [3.05, 3.63) is 29.8 Å². The molecule has 1 atom stereocenters. The maximum Gasteiger partial charge on any atom is 0.306 e. The molecule has 1 aliphatic heterocycles. The highest BCUT2D eigenvalue weighted by Crippen LogP contribution is 2.26. The van der Waals surface area contributed by atoms with Gasteiger partial charge in [0.15, 0.2) is 0 Å². The van der Waals surface area contributed by atoms with Crippen molar-refractivity contribution in [1.29, 1.82) is 0 Å². The van der Waals surface area contributed by atoms with E-state index in [9.17, 15) is 4.79 Å². The van der Waals surface area contributed by atoms with Gasteiger partial charge in [0.25, 0.3) is 0 Å². The van der Waals surface area contributed by atoms with Crippen LogP contribution in [0.2, 0.25) is 18.1 Å². The van der Waals surface area contributed by atoms with Crippen LogP contribution in [0.15, 0.2) is 24.3 Å². The number of carbonyl (C=O) groups excluding carboxylic acids is 1. The predicted molar refractivity (Wildman–Crippen MR) is 96.3 cm³/mol. The van der Waals surface area contributed by atoms with Crippen LogP contribution < -0.4 is 4.43 Å². The van der Waals surface area contributed by atoms with Crippen LogP contribution in [0.25, 0.3) is 0 Å². The van der Waals surface area contributed by atoms with Crippen LogP contribution in [0.5, 0.6) is 5.75 Å². The lowest BCUT2D eigenvalue weighted by Crippen LogP contribution is -2.39. The number of carbonyl (C=O) groups is 1. The first-order valence-electron chi connectivity index (χ1n) is 9.08. The van der Waals surface area contributed by atoms with Crippen LogP contribution in [-0.4, -0.2) is 20.4 Å². The van der Waals surface area contributed by atoms with Gasteiger partial charge in [0.05, 0.1) is 0 Å². The Balaban J connectivity index is 1.88. The van der Waals surface area contributed by atoms with Crippen molar-refractivity contribution in [3.8, 4) is 5.75 Å². The van der Waals surface area contributed by atoms with Crippen LogP contribution in [-0.2, 0) is 16.0 Å². The fourth-order valence-corrected chi connectivity index (χ4v) is 5.82. The Hall–Kier alpha value is -1.29. The minimum Gasteiger partial charge on any atom is -0.544 e. The van der Waals surface area contributed by atoms with Gasteiger partial charge in [-0.2, -0.15) is 0 Å². The van der Waals surface area contributed by atoms with Crippen LogP contribution in [0.4, 0.5) is 0 Å². The number of rotatable bonds is 8. The standard InChI is InChI=1S/C19H30O3Si/c1-4-23(5-2,6-3)22-18-14-11-16(12-15-18)10-13-17-8-7-9-19(20)21-17/h11-12,14-15,17H,4-10,13H2,1-3H3/t17-/m1/s1. The zero-order valence-electron chi connectivity index (χ0n) is 14.8. The number of hydrogen-bond acceptors (Lipinski definition) is 3. The molecule has 4 heteroatoms. The highest BCUT2D eigenvalue weighted by Gasteiger charge is 2.30. The second kappa shape index (κ2) is 8.53. The molecule has 1 saturated heterocycles. The van der Waals surface area contributed by atoms with Crippen molar-refractivity contribution in [1.82, 2.24) is 0 Å². The monoisotopic (exact) mass is 334 g/mol. The Labute approximate surface area is 141 Å². The van der Waals surface area contributed by atoms with E-state index >= 15 is 0 Å². The quantitative estimate of drug-likeness (QED) is 0.490. The molecular weight excluding hydrogens is 304 g/mol. The number of esters is 1. The van der Waals surface area contributed by atoms with Gasteiger partial charge in [-0.3, -0.25) is 4.79 Å². The Morgan fingerprint density at radius 2 is 1.78 bits per heavy atom. The lowest BCUT2D eigenvalue weighted by atomic mass is 10.0. The molecule has 0 bridgehead atoms. The summed E-state index contributed by atoms with van der Waals surface area (Å²) >= 11 is 0. The van der Waals surface area contributed by atoms with Crippen molar-refractivity contribution < 1.29 is 14.0 Å². The lowest BCUT2D eigenvalue weighted by molar-refractivity contribution is -0.153. The first-order valence-corrected chi connectivity index (χ1v) is 11.6. The highest BCUT2D eigenvalue weighted by molar-refractivity contribution is 6.74. The van der Waals surface area contributed by atoms with Gasteiger partial charge >= 0.3 is 5.97 Å². The number of aryl methyl sites for hydroxylation is 1. The van der Waals surface area contributed by atoms with Gasteiger partial charge in [0.2, 0.25) is 8.32 Å². The summed E-state index contributed by atoms with van der Waals surface area (Å²) in [5, 5.41) is 0. The summed E-state index contributed by atoms with van der Waals surface area (Å²) in [5.74, 6) is 0.972. The molecule has 1 aliphatic rings. The van der Waals surface area contributed by atoms with E-state index < -0.39 is 8.32 Å². The summed E-state index contributed by atoms with van der Waals surface area (Å²) in [6, 6.07) is 12.0. The molecule has 0 N–H and O–H groups in total. The summed E-state index contributed by atoms with van der Waals surface area (Å²) in [7, 11) is -1.59. The molecule has 0 spiro atoms. The maximum absolute atomic E-state index is 11.3. The van der Waals surface area contributed by atoms with Gasteiger partial charge in [-0.05, 0) is 61.5 Å². The fourth-order valence-electron chi connectivity index (χ4n) is 3.25. The van der Waals surface area contributed by atoms with Crippen LogP contribution in [0.3, 0.4) is 0 Å². The van der Waals surface area contributed by atoms with Gasteiger partial charge in [-0.1, -0.05) is 32.9 Å². The van der Waals surface area contributed by atoms with Crippen molar-refractivity contribution in [2.45, 2.75) is 77.1 Å². The number of ether oxygens (including phenoxy) is 1. The van der Waals surface area contributed by atoms with E-state index in [4.69, 9.17) is 9.16 Å². The molecule has 1 aromatic rings. The third-order valence-corrected chi connectivity index (χ3v) is 9.69. The Morgan fingerprint density at radius 3 is 2.35 bits per heavy atom. The van der Waals surface area contributed by atoms with E-state index in [0.717, 1.165) is 49.6 Å². The van der Waals surface area contributed by atoms with E-state index in [1.165, 1.54) is 5.56 Å². The SMILES string of the molecule is CC[Si](CC)(CC)Oc1ccc(CC[C@H]2CCCC(=O)O2)cc1. The Bertz CT molecular complexity index is 486. The molecule has 0 aromatic heterocycles. The molecule has 0 saturated carbocycles. The minimum absolute atomic E-state index is 0.0370. The van der Waals surface area contributed by atoms with Crippen LogP contribution >= 0.6 is 0 Å². The van der Waals surface area contributed by atoms with E-state index in [1.54, 1.807) is 0 Å². The molecule has 128 valence electrons. The normalized spacial score (nSPS) is 18.6. The molecular formula is C19H30O3Si.